The SMILES string of the molecule is Cc1cc(C(O)c2ccc(F)c(C)c2)ccn1. The predicted molar refractivity (Wildman–Crippen MR) is 64.2 cm³/mol. The molecule has 0 spiro atoms. The topological polar surface area (TPSA) is 33.1 Å². The molecule has 1 aromatic heterocycles. The van der Waals surface area contributed by atoms with Crippen molar-refractivity contribution in [1.29, 1.82) is 0 Å². The Bertz CT molecular complexity index is 539. The summed E-state index contributed by atoms with van der Waals surface area (Å²) >= 11 is 0. The first-order chi connectivity index (χ1) is 8.08. The standard InChI is InChI=1S/C14H14FNO/c1-9-7-11(3-4-13(9)15)14(17)12-5-6-16-10(2)8-12/h3-8,14,17H,1-2H3. The van der Waals surface area contributed by atoms with Crippen LogP contribution in [-0.4, -0.2) is 10.1 Å². The van der Waals surface area contributed by atoms with Crippen LogP contribution < -0.4 is 0 Å². The molecule has 0 aliphatic heterocycles. The Morgan fingerprint density at radius 3 is 2.47 bits per heavy atom. The quantitative estimate of drug-likeness (QED) is 0.862. The molecule has 0 fully saturated rings. The largest absolute Gasteiger partial charge is 0.384 e. The van der Waals surface area contributed by atoms with Gasteiger partial charge in [-0.3, -0.25) is 4.98 Å². The Hall–Kier alpha value is -1.74. The minimum atomic E-state index is -0.740. The van der Waals surface area contributed by atoms with Gasteiger partial charge in [0, 0.05) is 11.9 Å². The Labute approximate surface area is 99.8 Å². The molecule has 1 heterocycles. The van der Waals surface area contributed by atoms with E-state index in [2.05, 4.69) is 4.98 Å². The number of rotatable bonds is 2. The van der Waals surface area contributed by atoms with Crippen molar-refractivity contribution in [3.05, 3.63) is 64.7 Å². The summed E-state index contributed by atoms with van der Waals surface area (Å²) in [5.74, 6) is -0.258. The smallest absolute Gasteiger partial charge is 0.126 e. The molecular weight excluding hydrogens is 217 g/mol. The molecule has 1 N–H and O–H groups in total. The van der Waals surface area contributed by atoms with Gasteiger partial charge in [0.25, 0.3) is 0 Å². The maximum absolute atomic E-state index is 13.1. The first kappa shape index (κ1) is 11.7. The van der Waals surface area contributed by atoms with Crippen molar-refractivity contribution < 1.29 is 9.50 Å². The van der Waals surface area contributed by atoms with Gasteiger partial charge < -0.3 is 5.11 Å². The van der Waals surface area contributed by atoms with Crippen molar-refractivity contribution in [2.24, 2.45) is 0 Å². The molecule has 0 aliphatic carbocycles. The second-order valence-electron chi connectivity index (χ2n) is 4.14. The molecule has 2 nitrogen and oxygen atoms in total. The molecule has 2 aromatic rings. The average Bonchev–Trinajstić information content (AvgIpc) is 2.32. The highest BCUT2D eigenvalue weighted by molar-refractivity contribution is 5.32. The van der Waals surface area contributed by atoms with E-state index in [-0.39, 0.29) is 5.82 Å². The third-order valence-electron chi connectivity index (χ3n) is 2.73. The Morgan fingerprint density at radius 2 is 1.82 bits per heavy atom. The van der Waals surface area contributed by atoms with Gasteiger partial charge in [-0.25, -0.2) is 4.39 Å². The maximum Gasteiger partial charge on any atom is 0.126 e. The summed E-state index contributed by atoms with van der Waals surface area (Å²) in [6, 6.07) is 8.22. The lowest BCUT2D eigenvalue weighted by Crippen LogP contribution is -2.01. The van der Waals surface area contributed by atoms with Crippen molar-refractivity contribution in [3.8, 4) is 0 Å². The van der Waals surface area contributed by atoms with Crippen molar-refractivity contribution in [3.63, 3.8) is 0 Å². The summed E-state index contributed by atoms with van der Waals surface area (Å²) in [6.45, 7) is 3.55. The van der Waals surface area contributed by atoms with Crippen LogP contribution in [-0.2, 0) is 0 Å². The van der Waals surface area contributed by atoms with Crippen molar-refractivity contribution >= 4 is 0 Å². The number of aliphatic hydroxyl groups excluding tert-OH is 1. The van der Waals surface area contributed by atoms with E-state index in [1.807, 2.05) is 13.0 Å². The van der Waals surface area contributed by atoms with Crippen LogP contribution in [0.5, 0.6) is 0 Å². The normalized spacial score (nSPS) is 12.5. The molecule has 0 amide bonds. The van der Waals surface area contributed by atoms with Crippen LogP contribution in [0.25, 0.3) is 0 Å². The number of nitrogens with zero attached hydrogens (tertiary/aromatic N) is 1. The lowest BCUT2D eigenvalue weighted by molar-refractivity contribution is 0.220. The molecule has 1 unspecified atom stereocenters. The molecule has 0 bridgehead atoms. The average molecular weight is 231 g/mol. The molecule has 88 valence electrons. The highest BCUT2D eigenvalue weighted by atomic mass is 19.1. The molecule has 3 heteroatoms. The molecule has 0 saturated carbocycles. The number of pyridine rings is 1. The lowest BCUT2D eigenvalue weighted by atomic mass is 10.00. The van der Waals surface area contributed by atoms with Gasteiger partial charge in [0.15, 0.2) is 0 Å². The van der Waals surface area contributed by atoms with Crippen LogP contribution in [0.3, 0.4) is 0 Å². The van der Waals surface area contributed by atoms with Gasteiger partial charge in [0.1, 0.15) is 11.9 Å². The number of aryl methyl sites for hydroxylation is 2. The fourth-order valence-corrected chi connectivity index (χ4v) is 1.77. The molecule has 2 rings (SSSR count). The van der Waals surface area contributed by atoms with E-state index in [0.717, 1.165) is 11.3 Å². The number of hydrogen-bond donors (Lipinski definition) is 1. The first-order valence-electron chi connectivity index (χ1n) is 5.44. The fraction of sp³-hybridized carbons (Fsp3) is 0.214. The van der Waals surface area contributed by atoms with Crippen LogP contribution >= 0.6 is 0 Å². The molecular formula is C14H14FNO. The lowest BCUT2D eigenvalue weighted by Gasteiger charge is -2.12. The summed E-state index contributed by atoms with van der Waals surface area (Å²) in [6.07, 6.45) is 0.917. The van der Waals surface area contributed by atoms with E-state index in [1.54, 1.807) is 31.3 Å². The zero-order chi connectivity index (χ0) is 12.4. The molecule has 1 aromatic carbocycles. The minimum absolute atomic E-state index is 0.258. The number of halogens is 1. The summed E-state index contributed by atoms with van der Waals surface area (Å²) < 4.78 is 13.1. The highest BCUT2D eigenvalue weighted by Crippen LogP contribution is 2.23. The van der Waals surface area contributed by atoms with E-state index in [4.69, 9.17) is 0 Å². The van der Waals surface area contributed by atoms with E-state index < -0.39 is 6.10 Å². The van der Waals surface area contributed by atoms with Crippen LogP contribution in [0, 0.1) is 19.7 Å². The second-order valence-corrected chi connectivity index (χ2v) is 4.14. The maximum atomic E-state index is 13.1. The van der Waals surface area contributed by atoms with E-state index in [0.29, 0.717) is 11.1 Å². The predicted octanol–water partition coefficient (Wildman–Crippen LogP) is 2.92. The van der Waals surface area contributed by atoms with Gasteiger partial charge in [-0.2, -0.15) is 0 Å². The highest BCUT2D eigenvalue weighted by Gasteiger charge is 2.11. The summed E-state index contributed by atoms with van der Waals surface area (Å²) in [4.78, 5) is 4.08. The summed E-state index contributed by atoms with van der Waals surface area (Å²) in [7, 11) is 0. The Kier molecular flexibility index (Phi) is 3.20. The Balaban J connectivity index is 2.36. The van der Waals surface area contributed by atoms with Crippen LogP contribution in [0.15, 0.2) is 36.5 Å². The van der Waals surface area contributed by atoms with Crippen LogP contribution in [0.4, 0.5) is 4.39 Å². The summed E-state index contributed by atoms with van der Waals surface area (Å²) in [5, 5.41) is 10.2. The van der Waals surface area contributed by atoms with Gasteiger partial charge in [0.05, 0.1) is 0 Å². The van der Waals surface area contributed by atoms with Gasteiger partial charge in [-0.15, -0.1) is 0 Å². The van der Waals surface area contributed by atoms with E-state index in [9.17, 15) is 9.50 Å². The minimum Gasteiger partial charge on any atom is -0.384 e. The fourth-order valence-electron chi connectivity index (χ4n) is 1.77. The zero-order valence-electron chi connectivity index (χ0n) is 9.81. The summed E-state index contributed by atoms with van der Waals surface area (Å²) in [5.41, 5.74) is 2.84. The Morgan fingerprint density at radius 1 is 1.12 bits per heavy atom. The van der Waals surface area contributed by atoms with Crippen molar-refractivity contribution in [2.75, 3.05) is 0 Å². The third-order valence-corrected chi connectivity index (χ3v) is 2.73. The van der Waals surface area contributed by atoms with Gasteiger partial charge >= 0.3 is 0 Å². The van der Waals surface area contributed by atoms with Crippen molar-refractivity contribution in [1.82, 2.24) is 4.98 Å². The van der Waals surface area contributed by atoms with Gasteiger partial charge in [-0.05, 0) is 48.7 Å². The zero-order valence-corrected chi connectivity index (χ0v) is 9.81. The van der Waals surface area contributed by atoms with Gasteiger partial charge in [0.2, 0.25) is 0 Å². The van der Waals surface area contributed by atoms with Crippen molar-refractivity contribution in [2.45, 2.75) is 20.0 Å². The van der Waals surface area contributed by atoms with Crippen LogP contribution in [0.2, 0.25) is 0 Å². The first-order valence-corrected chi connectivity index (χ1v) is 5.44. The molecule has 0 saturated heterocycles. The molecule has 0 aliphatic rings. The number of benzene rings is 1. The molecule has 17 heavy (non-hydrogen) atoms. The van der Waals surface area contributed by atoms with Crippen LogP contribution in [0.1, 0.15) is 28.5 Å². The monoisotopic (exact) mass is 231 g/mol. The van der Waals surface area contributed by atoms with E-state index >= 15 is 0 Å². The second kappa shape index (κ2) is 4.63. The number of aliphatic hydroxyl groups is 1. The van der Waals surface area contributed by atoms with E-state index in [1.165, 1.54) is 6.07 Å². The molecule has 0 radical (unpaired) electrons. The number of hydrogen-bond acceptors (Lipinski definition) is 2. The molecule has 1 atom stereocenters. The third kappa shape index (κ3) is 2.50. The number of aromatic nitrogens is 1. The van der Waals surface area contributed by atoms with Gasteiger partial charge in [-0.1, -0.05) is 12.1 Å².